The zero-order valence-corrected chi connectivity index (χ0v) is 20.2. The van der Waals surface area contributed by atoms with Crippen LogP contribution in [0.3, 0.4) is 0 Å². The van der Waals surface area contributed by atoms with E-state index in [9.17, 15) is 13.2 Å². The number of halogens is 4. The number of rotatable bonds is 3. The third-order valence-corrected chi connectivity index (χ3v) is 11.4. The van der Waals surface area contributed by atoms with Crippen molar-refractivity contribution >= 4 is 31.6 Å². The lowest BCUT2D eigenvalue weighted by molar-refractivity contribution is -0.203. The van der Waals surface area contributed by atoms with Gasteiger partial charge < -0.3 is 14.1 Å². The molecule has 0 aliphatic carbocycles. The number of hydrogen-bond donors (Lipinski definition) is 0. The van der Waals surface area contributed by atoms with Crippen LogP contribution in [-0.4, -0.2) is 50.2 Å². The number of aliphatic imine (C=N–C) groups is 1. The van der Waals surface area contributed by atoms with Gasteiger partial charge in [-0.3, -0.25) is 0 Å². The van der Waals surface area contributed by atoms with Crippen molar-refractivity contribution < 1.29 is 22.3 Å². The fraction of sp³-hybridized carbons (Fsp3) is 0.619. The molecule has 0 N–H and O–H groups in total. The molecule has 170 valence electrons. The number of nitrogens with zero attached hydrogens (tertiary/aromatic N) is 3. The van der Waals surface area contributed by atoms with Gasteiger partial charge in [-0.15, -0.1) is 0 Å². The zero-order chi connectivity index (χ0) is 23.4. The van der Waals surface area contributed by atoms with Crippen molar-refractivity contribution in [1.29, 1.82) is 5.26 Å². The van der Waals surface area contributed by atoms with Gasteiger partial charge in [0, 0.05) is 6.54 Å². The molecule has 0 spiro atoms. The first-order valence-electron chi connectivity index (χ1n) is 10.1. The average molecular weight is 474 g/mol. The van der Waals surface area contributed by atoms with Gasteiger partial charge in [0.25, 0.3) is 6.02 Å². The standard InChI is InChI=1S/C21H27ClF3N3O2Si/c1-12-14(8-7-13(11-26)16(12)22)27-19-28-10-9-15(30-31(5,6)20(2,3)4)17(28)18(29-19)21(23,24)25/h7-8,15,17-18H,9-10H2,1-6H3/t15-,17-,18-/m1/s1. The van der Waals surface area contributed by atoms with Crippen LogP contribution in [0.4, 0.5) is 18.9 Å². The van der Waals surface area contributed by atoms with E-state index < -0.39 is 32.7 Å². The molecule has 0 radical (unpaired) electrons. The molecule has 0 amide bonds. The smallest absolute Gasteiger partial charge is 0.427 e. The highest BCUT2D eigenvalue weighted by molar-refractivity contribution is 6.74. The summed E-state index contributed by atoms with van der Waals surface area (Å²) in [7, 11) is -2.28. The minimum absolute atomic E-state index is 0.0856. The van der Waals surface area contributed by atoms with Gasteiger partial charge >= 0.3 is 6.18 Å². The van der Waals surface area contributed by atoms with Crippen molar-refractivity contribution in [2.24, 2.45) is 4.99 Å². The Bertz CT molecular complexity index is 938. The van der Waals surface area contributed by atoms with Crippen LogP contribution in [0.1, 0.15) is 38.3 Å². The second-order valence-electron chi connectivity index (χ2n) is 9.55. The summed E-state index contributed by atoms with van der Waals surface area (Å²) in [6.45, 7) is 12.3. The molecule has 0 bridgehead atoms. The van der Waals surface area contributed by atoms with E-state index in [1.807, 2.05) is 19.2 Å². The van der Waals surface area contributed by atoms with Gasteiger partial charge in [0.2, 0.25) is 6.10 Å². The minimum atomic E-state index is -4.56. The van der Waals surface area contributed by atoms with Crippen LogP contribution in [0.2, 0.25) is 23.2 Å². The molecule has 1 aromatic carbocycles. The lowest BCUT2D eigenvalue weighted by atomic mass is 10.1. The van der Waals surface area contributed by atoms with Gasteiger partial charge in [-0.05, 0) is 49.2 Å². The largest absolute Gasteiger partial charge is 0.450 e. The lowest BCUT2D eigenvalue weighted by Gasteiger charge is -2.40. The number of alkyl halides is 3. The topological polar surface area (TPSA) is 57.9 Å². The number of hydrogen-bond acceptors (Lipinski definition) is 4. The van der Waals surface area contributed by atoms with Crippen molar-refractivity contribution in [2.45, 2.75) is 76.7 Å². The summed E-state index contributed by atoms with van der Waals surface area (Å²) < 4.78 is 53.4. The Morgan fingerprint density at radius 2 is 1.94 bits per heavy atom. The molecule has 0 saturated carbocycles. The van der Waals surface area contributed by atoms with Crippen LogP contribution in [-0.2, 0) is 9.16 Å². The summed E-state index contributed by atoms with van der Waals surface area (Å²) in [5.74, 6) is 0. The van der Waals surface area contributed by atoms with Crippen molar-refractivity contribution in [3.63, 3.8) is 0 Å². The third kappa shape index (κ3) is 4.43. The van der Waals surface area contributed by atoms with Crippen LogP contribution in [0.25, 0.3) is 0 Å². The fourth-order valence-electron chi connectivity index (χ4n) is 3.64. The molecule has 3 atom stereocenters. The first-order chi connectivity index (χ1) is 14.2. The average Bonchev–Trinajstić information content (AvgIpc) is 3.19. The SMILES string of the molecule is Cc1c(N=C2O[C@@H](C(F)(F)F)[C@H]3[C@H](O[Si](C)(C)C(C)(C)C)CCN23)ccc(C#N)c1Cl. The van der Waals surface area contributed by atoms with Crippen LogP contribution < -0.4 is 0 Å². The predicted molar refractivity (Wildman–Crippen MR) is 116 cm³/mol. The van der Waals surface area contributed by atoms with E-state index in [-0.39, 0.29) is 21.6 Å². The normalized spacial score (nSPS) is 25.5. The van der Waals surface area contributed by atoms with E-state index in [0.29, 0.717) is 24.2 Å². The summed E-state index contributed by atoms with van der Waals surface area (Å²) in [5, 5.41) is 9.21. The number of benzene rings is 1. The minimum Gasteiger partial charge on any atom is -0.450 e. The Hall–Kier alpha value is -1.76. The van der Waals surface area contributed by atoms with Gasteiger partial charge in [0.15, 0.2) is 8.32 Å². The summed E-state index contributed by atoms with van der Waals surface area (Å²) in [5.41, 5.74) is 1.16. The molecule has 10 heteroatoms. The molecule has 2 fully saturated rings. The maximum absolute atomic E-state index is 13.9. The maximum atomic E-state index is 13.9. The molecular formula is C21H27ClF3N3O2Si. The second kappa shape index (κ2) is 7.98. The molecular weight excluding hydrogens is 447 g/mol. The molecule has 2 aliphatic heterocycles. The molecule has 2 heterocycles. The van der Waals surface area contributed by atoms with Gasteiger partial charge in [-0.25, -0.2) is 0 Å². The van der Waals surface area contributed by atoms with Gasteiger partial charge in [0.05, 0.1) is 22.4 Å². The molecule has 31 heavy (non-hydrogen) atoms. The van der Waals surface area contributed by atoms with Crippen molar-refractivity contribution in [3.05, 3.63) is 28.3 Å². The zero-order valence-electron chi connectivity index (χ0n) is 18.5. The van der Waals surface area contributed by atoms with E-state index in [4.69, 9.17) is 26.0 Å². The second-order valence-corrected chi connectivity index (χ2v) is 14.7. The Morgan fingerprint density at radius 1 is 1.29 bits per heavy atom. The highest BCUT2D eigenvalue weighted by Gasteiger charge is 2.61. The highest BCUT2D eigenvalue weighted by atomic mass is 35.5. The maximum Gasteiger partial charge on any atom is 0.427 e. The molecule has 1 aromatic rings. The Balaban J connectivity index is 1.97. The quantitative estimate of drug-likeness (QED) is 0.510. The fourth-order valence-corrected chi connectivity index (χ4v) is 5.21. The van der Waals surface area contributed by atoms with E-state index in [0.717, 1.165) is 0 Å². The molecule has 2 saturated heterocycles. The highest BCUT2D eigenvalue weighted by Crippen LogP contribution is 2.44. The van der Waals surface area contributed by atoms with Crippen molar-refractivity contribution in [1.82, 2.24) is 4.90 Å². The van der Waals surface area contributed by atoms with Crippen molar-refractivity contribution in [2.75, 3.05) is 6.54 Å². The van der Waals surface area contributed by atoms with Gasteiger partial charge in [0.1, 0.15) is 12.1 Å². The monoisotopic (exact) mass is 473 g/mol. The van der Waals surface area contributed by atoms with Crippen LogP contribution in [0.15, 0.2) is 17.1 Å². The summed E-state index contributed by atoms with van der Waals surface area (Å²) in [6, 6.07) is 3.96. The first-order valence-corrected chi connectivity index (χ1v) is 13.4. The Morgan fingerprint density at radius 3 is 2.48 bits per heavy atom. The van der Waals surface area contributed by atoms with Gasteiger partial charge in [-0.1, -0.05) is 32.4 Å². The van der Waals surface area contributed by atoms with E-state index in [1.54, 1.807) is 17.9 Å². The molecule has 5 nitrogen and oxygen atoms in total. The van der Waals surface area contributed by atoms with Crippen LogP contribution >= 0.6 is 11.6 Å². The first kappa shape index (κ1) is 23.9. The van der Waals surface area contributed by atoms with Crippen LogP contribution in [0.5, 0.6) is 0 Å². The van der Waals surface area contributed by atoms with E-state index >= 15 is 0 Å². The Labute approximate surface area is 186 Å². The molecule has 0 unspecified atom stereocenters. The van der Waals surface area contributed by atoms with E-state index in [2.05, 4.69) is 25.8 Å². The van der Waals surface area contributed by atoms with Crippen molar-refractivity contribution in [3.8, 4) is 6.07 Å². The van der Waals surface area contributed by atoms with Crippen LogP contribution in [0, 0.1) is 18.3 Å². The van der Waals surface area contributed by atoms with E-state index in [1.165, 1.54) is 6.07 Å². The summed E-state index contributed by atoms with van der Waals surface area (Å²) in [4.78, 5) is 5.92. The third-order valence-electron chi connectivity index (χ3n) is 6.45. The summed E-state index contributed by atoms with van der Waals surface area (Å²) in [6.07, 6.45) is -6.69. The van der Waals surface area contributed by atoms with Gasteiger partial charge in [-0.2, -0.15) is 23.4 Å². The number of ether oxygens (including phenoxy) is 1. The number of nitriles is 1. The number of amidine groups is 1. The Kier molecular flexibility index (Phi) is 6.15. The summed E-state index contributed by atoms with van der Waals surface area (Å²) >= 11 is 6.19. The molecule has 3 rings (SSSR count). The molecule has 0 aromatic heterocycles. The molecule has 2 aliphatic rings. The predicted octanol–water partition coefficient (Wildman–Crippen LogP) is 5.93. The number of fused-ring (bicyclic) bond motifs is 1. The lowest BCUT2D eigenvalue weighted by Crippen LogP contribution is -2.51.